The van der Waals surface area contributed by atoms with Gasteiger partial charge in [-0.05, 0) is 18.9 Å². The number of rotatable bonds is 4. The molecule has 0 bridgehead atoms. The lowest BCUT2D eigenvalue weighted by Crippen LogP contribution is -2.35. The Bertz CT molecular complexity index is 606. The number of nitrogens with zero attached hydrogens (tertiary/aromatic N) is 5. The van der Waals surface area contributed by atoms with Crippen LogP contribution in [0.5, 0.6) is 0 Å². The second-order valence-corrected chi connectivity index (χ2v) is 4.97. The van der Waals surface area contributed by atoms with E-state index in [1.54, 1.807) is 18.7 Å². The maximum Gasteiger partial charge on any atom is 0.191 e. The van der Waals surface area contributed by atoms with Gasteiger partial charge in [0.1, 0.15) is 12.1 Å². The van der Waals surface area contributed by atoms with E-state index in [2.05, 4.69) is 15.0 Å². The van der Waals surface area contributed by atoms with Gasteiger partial charge in [0.15, 0.2) is 5.96 Å². The Morgan fingerprint density at radius 2 is 2.29 bits per heavy atom. The summed E-state index contributed by atoms with van der Waals surface area (Å²) in [6, 6.07) is 4.49. The maximum absolute atomic E-state index is 6.01. The average Bonchev–Trinajstić information content (AvgIpc) is 3.19. The standard InChI is InChI=1S/C14H18N6.HI/c1-19(12-4-5-12)14(15)18-9-11-3-2-6-17-13(11)20-8-7-16-10-20;/h2-3,6-8,10,12H,4-5,9H2,1H3,(H2,15,18);1H. The van der Waals surface area contributed by atoms with Crippen LogP contribution in [0.1, 0.15) is 18.4 Å². The van der Waals surface area contributed by atoms with Crippen molar-refractivity contribution in [2.45, 2.75) is 25.4 Å². The van der Waals surface area contributed by atoms with Gasteiger partial charge in [-0.25, -0.2) is 15.0 Å². The van der Waals surface area contributed by atoms with Crippen molar-refractivity contribution in [3.8, 4) is 5.82 Å². The third-order valence-corrected chi connectivity index (χ3v) is 3.48. The van der Waals surface area contributed by atoms with Gasteiger partial charge in [0.2, 0.25) is 0 Å². The summed E-state index contributed by atoms with van der Waals surface area (Å²) in [6.07, 6.45) is 9.52. The molecule has 2 aromatic rings. The lowest BCUT2D eigenvalue weighted by atomic mass is 10.2. The molecular formula is C14H19IN6. The molecule has 0 atom stereocenters. The van der Waals surface area contributed by atoms with Crippen LogP contribution in [0.15, 0.2) is 42.0 Å². The number of hydrogen-bond acceptors (Lipinski definition) is 3. The number of aliphatic imine (C=N–C) groups is 1. The second-order valence-electron chi connectivity index (χ2n) is 4.97. The molecular weight excluding hydrogens is 379 g/mol. The van der Waals surface area contributed by atoms with Crippen LogP contribution in [0, 0.1) is 0 Å². The normalized spacial score (nSPS) is 14.6. The molecule has 3 rings (SSSR count). The molecule has 0 amide bonds. The zero-order valence-corrected chi connectivity index (χ0v) is 14.2. The van der Waals surface area contributed by atoms with Crippen molar-refractivity contribution in [3.05, 3.63) is 42.6 Å². The van der Waals surface area contributed by atoms with E-state index in [0.29, 0.717) is 18.5 Å². The van der Waals surface area contributed by atoms with Crippen molar-refractivity contribution >= 4 is 29.9 Å². The highest BCUT2D eigenvalue weighted by atomic mass is 127. The molecule has 6 nitrogen and oxygen atoms in total. The largest absolute Gasteiger partial charge is 0.370 e. The molecule has 21 heavy (non-hydrogen) atoms. The first kappa shape index (κ1) is 15.7. The summed E-state index contributed by atoms with van der Waals surface area (Å²) in [5, 5.41) is 0. The molecule has 112 valence electrons. The Hall–Kier alpha value is -1.64. The van der Waals surface area contributed by atoms with Gasteiger partial charge in [-0.15, -0.1) is 24.0 Å². The van der Waals surface area contributed by atoms with Crippen molar-refractivity contribution in [1.29, 1.82) is 0 Å². The molecule has 1 fully saturated rings. The predicted octanol–water partition coefficient (Wildman–Crippen LogP) is 1.79. The molecule has 1 aliphatic rings. The van der Waals surface area contributed by atoms with Gasteiger partial charge in [-0.2, -0.15) is 0 Å². The van der Waals surface area contributed by atoms with E-state index in [-0.39, 0.29) is 24.0 Å². The number of halogens is 1. The molecule has 2 aromatic heterocycles. The highest BCUT2D eigenvalue weighted by Gasteiger charge is 2.27. The molecule has 2 N–H and O–H groups in total. The van der Waals surface area contributed by atoms with Crippen LogP contribution >= 0.6 is 24.0 Å². The van der Waals surface area contributed by atoms with Gasteiger partial charge in [0.05, 0.1) is 6.54 Å². The first-order chi connectivity index (χ1) is 9.75. The van der Waals surface area contributed by atoms with Gasteiger partial charge in [0, 0.05) is 37.2 Å². The van der Waals surface area contributed by atoms with Gasteiger partial charge in [-0.1, -0.05) is 6.07 Å². The van der Waals surface area contributed by atoms with Crippen LogP contribution in [0.4, 0.5) is 0 Å². The predicted molar refractivity (Wildman–Crippen MR) is 92.9 cm³/mol. The average molecular weight is 398 g/mol. The van der Waals surface area contributed by atoms with E-state index in [1.165, 1.54) is 12.8 Å². The van der Waals surface area contributed by atoms with Crippen molar-refractivity contribution in [3.63, 3.8) is 0 Å². The van der Waals surface area contributed by atoms with E-state index >= 15 is 0 Å². The Morgan fingerprint density at radius 3 is 2.95 bits per heavy atom. The van der Waals surface area contributed by atoms with Gasteiger partial charge >= 0.3 is 0 Å². The molecule has 0 radical (unpaired) electrons. The van der Waals surface area contributed by atoms with Crippen molar-refractivity contribution in [2.75, 3.05) is 7.05 Å². The van der Waals surface area contributed by atoms with Crippen LogP contribution < -0.4 is 5.73 Å². The smallest absolute Gasteiger partial charge is 0.191 e. The van der Waals surface area contributed by atoms with Crippen molar-refractivity contribution < 1.29 is 0 Å². The van der Waals surface area contributed by atoms with E-state index in [0.717, 1.165) is 11.4 Å². The van der Waals surface area contributed by atoms with Gasteiger partial charge in [-0.3, -0.25) is 4.57 Å². The SMILES string of the molecule is CN(C(N)=NCc1cccnc1-n1ccnc1)C1CC1.I. The Balaban J connectivity index is 0.00000161. The third-order valence-electron chi connectivity index (χ3n) is 3.48. The zero-order chi connectivity index (χ0) is 13.9. The summed E-state index contributed by atoms with van der Waals surface area (Å²) < 4.78 is 1.88. The van der Waals surface area contributed by atoms with Crippen LogP contribution in [0.3, 0.4) is 0 Å². The number of nitrogens with two attached hydrogens (primary N) is 1. The Kier molecular flexibility index (Phi) is 5.16. The topological polar surface area (TPSA) is 72.3 Å². The van der Waals surface area contributed by atoms with Gasteiger partial charge < -0.3 is 10.6 Å². The van der Waals surface area contributed by atoms with Crippen LogP contribution in [-0.4, -0.2) is 38.5 Å². The van der Waals surface area contributed by atoms with Crippen LogP contribution in [-0.2, 0) is 6.54 Å². The molecule has 0 aromatic carbocycles. The molecule has 1 aliphatic carbocycles. The van der Waals surface area contributed by atoms with E-state index < -0.39 is 0 Å². The fourth-order valence-corrected chi connectivity index (χ4v) is 2.10. The van der Waals surface area contributed by atoms with Gasteiger partial charge in [0.25, 0.3) is 0 Å². The summed E-state index contributed by atoms with van der Waals surface area (Å²) in [4.78, 5) is 15.0. The molecule has 0 spiro atoms. The fraction of sp³-hybridized carbons (Fsp3) is 0.357. The maximum atomic E-state index is 6.01. The summed E-state index contributed by atoms with van der Waals surface area (Å²) >= 11 is 0. The Morgan fingerprint density at radius 1 is 1.48 bits per heavy atom. The third kappa shape index (κ3) is 3.72. The highest BCUT2D eigenvalue weighted by Crippen LogP contribution is 2.25. The minimum Gasteiger partial charge on any atom is -0.370 e. The molecule has 0 saturated heterocycles. The summed E-state index contributed by atoms with van der Waals surface area (Å²) in [5.74, 6) is 1.43. The number of imidazole rings is 1. The molecule has 0 aliphatic heterocycles. The quantitative estimate of drug-likeness (QED) is 0.484. The van der Waals surface area contributed by atoms with Crippen LogP contribution in [0.25, 0.3) is 5.82 Å². The monoisotopic (exact) mass is 398 g/mol. The highest BCUT2D eigenvalue weighted by molar-refractivity contribution is 14.0. The summed E-state index contributed by atoms with van der Waals surface area (Å²) in [6.45, 7) is 0.518. The molecule has 7 heteroatoms. The lowest BCUT2D eigenvalue weighted by molar-refractivity contribution is 0.487. The molecule has 2 heterocycles. The molecule has 0 unspecified atom stereocenters. The Labute approximate surface area is 141 Å². The first-order valence-electron chi connectivity index (χ1n) is 6.70. The minimum absolute atomic E-state index is 0. The van der Waals surface area contributed by atoms with E-state index in [9.17, 15) is 0 Å². The molecule has 1 saturated carbocycles. The van der Waals surface area contributed by atoms with Crippen LogP contribution in [0.2, 0.25) is 0 Å². The number of aromatic nitrogens is 3. The fourth-order valence-electron chi connectivity index (χ4n) is 2.10. The minimum atomic E-state index is 0. The van der Waals surface area contributed by atoms with Crippen molar-refractivity contribution in [1.82, 2.24) is 19.4 Å². The first-order valence-corrected chi connectivity index (χ1v) is 6.70. The number of hydrogen-bond donors (Lipinski definition) is 1. The number of guanidine groups is 1. The van der Waals surface area contributed by atoms with E-state index in [1.807, 2.05) is 34.8 Å². The lowest BCUT2D eigenvalue weighted by Gasteiger charge is -2.17. The zero-order valence-electron chi connectivity index (χ0n) is 11.9. The second kappa shape index (κ2) is 6.88. The summed E-state index contributed by atoms with van der Waals surface area (Å²) in [7, 11) is 2.00. The number of pyridine rings is 1. The van der Waals surface area contributed by atoms with E-state index in [4.69, 9.17) is 5.73 Å². The van der Waals surface area contributed by atoms with Crippen molar-refractivity contribution in [2.24, 2.45) is 10.7 Å². The summed E-state index contributed by atoms with van der Waals surface area (Å²) in [5.41, 5.74) is 7.04.